The first kappa shape index (κ1) is 29.0. The fraction of sp³-hybridized carbons (Fsp3) is 0.333. The first-order chi connectivity index (χ1) is 22.2. The second kappa shape index (κ2) is 11.1. The predicted molar refractivity (Wildman–Crippen MR) is 166 cm³/mol. The fourth-order valence-electron chi connectivity index (χ4n) is 6.58. The summed E-state index contributed by atoms with van der Waals surface area (Å²) in [5.41, 5.74) is 4.07. The molecule has 1 fully saturated rings. The van der Waals surface area contributed by atoms with Crippen LogP contribution in [0, 0.1) is 0 Å². The number of rotatable bonds is 6. The second-order valence-electron chi connectivity index (χ2n) is 11.9. The van der Waals surface area contributed by atoms with Gasteiger partial charge in [0, 0.05) is 70.5 Å². The van der Waals surface area contributed by atoms with Crippen molar-refractivity contribution in [2.24, 2.45) is 0 Å². The number of alkyl halides is 3. The second-order valence-corrected chi connectivity index (χ2v) is 12.3. The lowest BCUT2D eigenvalue weighted by Crippen LogP contribution is -2.21. The van der Waals surface area contributed by atoms with Gasteiger partial charge >= 0.3 is 5.57 Å². The summed E-state index contributed by atoms with van der Waals surface area (Å²) in [6.07, 6.45) is 7.68. The van der Waals surface area contributed by atoms with Gasteiger partial charge in [0.15, 0.2) is 0 Å². The minimum atomic E-state index is -3.83. The van der Waals surface area contributed by atoms with Crippen molar-refractivity contribution in [3.8, 4) is 28.1 Å². The topological polar surface area (TPSA) is 105 Å². The lowest BCUT2D eigenvalue weighted by molar-refractivity contribution is -0.0964. The van der Waals surface area contributed by atoms with Crippen molar-refractivity contribution in [3.05, 3.63) is 77.5 Å². The number of fused-ring (bicyclic) bond motifs is 6. The summed E-state index contributed by atoms with van der Waals surface area (Å²) in [6, 6.07) is 11.3. The zero-order chi connectivity index (χ0) is 31.6. The molecule has 1 amide bonds. The number of amides is 1. The summed E-state index contributed by atoms with van der Waals surface area (Å²) < 4.78 is 46.3. The minimum absolute atomic E-state index is 0.0356. The zero-order valence-corrected chi connectivity index (χ0v) is 25.6. The Morgan fingerprint density at radius 3 is 2.78 bits per heavy atom. The predicted octanol–water partition coefficient (Wildman–Crippen LogP) is 7.08. The van der Waals surface area contributed by atoms with E-state index in [1.807, 2.05) is 16.9 Å². The summed E-state index contributed by atoms with van der Waals surface area (Å²) in [6.45, 7) is 3.72. The zero-order valence-electron chi connectivity index (χ0n) is 24.8. The number of imidazole rings is 1. The maximum atomic E-state index is 13.6. The van der Waals surface area contributed by atoms with Gasteiger partial charge in [-0.15, -0.1) is 8.78 Å². The van der Waals surface area contributed by atoms with E-state index in [1.165, 1.54) is 24.3 Å². The molecule has 3 aliphatic rings. The quantitative estimate of drug-likeness (QED) is 0.193. The van der Waals surface area contributed by atoms with Crippen molar-refractivity contribution >= 4 is 34.2 Å². The molecule has 1 saturated heterocycles. The number of nitrogens with one attached hydrogen (secondary N) is 1. The van der Waals surface area contributed by atoms with Crippen molar-refractivity contribution in [3.63, 3.8) is 0 Å². The molecule has 3 aromatic heterocycles. The van der Waals surface area contributed by atoms with Gasteiger partial charge in [-0.2, -0.15) is 5.10 Å². The maximum absolute atomic E-state index is 13.6. The van der Waals surface area contributed by atoms with Gasteiger partial charge in [-0.3, -0.25) is 9.78 Å². The first-order valence-electron chi connectivity index (χ1n) is 15.2. The molecule has 10 nitrogen and oxygen atoms in total. The third-order valence-corrected chi connectivity index (χ3v) is 8.73. The molecule has 46 heavy (non-hydrogen) atoms. The molecule has 1 N–H and O–H groups in total. The van der Waals surface area contributed by atoms with Gasteiger partial charge in [-0.05, 0) is 68.7 Å². The van der Waals surface area contributed by atoms with Crippen LogP contribution in [0.5, 0.6) is 5.75 Å². The normalized spacial score (nSPS) is 19.0. The van der Waals surface area contributed by atoms with E-state index in [9.17, 15) is 13.6 Å². The molecule has 8 rings (SSSR count). The molecular formula is C33H29ClF2N6O4. The van der Waals surface area contributed by atoms with Crippen LogP contribution in [0.4, 0.5) is 14.5 Å². The van der Waals surface area contributed by atoms with Crippen LogP contribution in [0.3, 0.4) is 0 Å². The Hall–Kier alpha value is -4.39. The largest absolute Gasteiger partial charge is 0.487 e. The van der Waals surface area contributed by atoms with Gasteiger partial charge in [0.25, 0.3) is 5.91 Å². The number of nitrogens with zero attached hydrogens (tertiary/aromatic N) is 5. The van der Waals surface area contributed by atoms with E-state index >= 15 is 0 Å². The highest BCUT2D eigenvalue weighted by Gasteiger charge is 2.30. The van der Waals surface area contributed by atoms with Crippen LogP contribution in [0.15, 0.2) is 54.9 Å². The third-order valence-electron chi connectivity index (χ3n) is 8.65. The molecule has 5 aromatic rings. The number of halogens is 3. The van der Waals surface area contributed by atoms with Crippen molar-refractivity contribution < 1.29 is 27.8 Å². The SMILES string of the molecule is C[C@@H]1COCc2nc3cc(C(=O)Nc4ccc(OC(F)(F)Cl)cc4)cc(-c4cnc5c(c4)-c4nn(C6CCCCO6)cc4C5)c3n21. The highest BCUT2D eigenvalue weighted by Crippen LogP contribution is 2.41. The molecule has 13 heteroatoms. The van der Waals surface area contributed by atoms with Crippen molar-refractivity contribution in [2.45, 2.75) is 57.1 Å². The number of anilines is 1. The van der Waals surface area contributed by atoms with E-state index in [1.54, 1.807) is 6.07 Å². The van der Waals surface area contributed by atoms with E-state index in [2.05, 4.69) is 33.8 Å². The molecule has 0 spiro atoms. The molecule has 2 aliphatic heterocycles. The van der Waals surface area contributed by atoms with Crippen LogP contribution in [0.25, 0.3) is 33.4 Å². The fourth-order valence-corrected chi connectivity index (χ4v) is 6.67. The molecule has 1 aliphatic carbocycles. The standard InChI is InChI=1S/C33H29ClF2N6O4/c1-18-16-44-17-28-39-27-12-19(32(43)38-22-5-7-23(8-6-22)46-33(34,35)36)10-24(31(27)42(18)28)20-11-25-26(37-14-20)13-21-15-41(40-30(21)25)29-4-2-3-9-45-29/h5-8,10-12,14-15,18,29H,2-4,9,13,16-17H2,1H3,(H,38,43)/t18-,29?/m1/s1. The minimum Gasteiger partial charge on any atom is -0.420 e. The Kier molecular flexibility index (Phi) is 7.04. The molecule has 2 aromatic carbocycles. The number of carbonyl (C=O) groups is 1. The van der Waals surface area contributed by atoms with Crippen molar-refractivity contribution in [2.75, 3.05) is 18.5 Å². The van der Waals surface area contributed by atoms with E-state index in [-0.39, 0.29) is 18.0 Å². The highest BCUT2D eigenvalue weighted by atomic mass is 35.5. The van der Waals surface area contributed by atoms with Gasteiger partial charge < -0.3 is 24.1 Å². The number of benzene rings is 2. The Balaban J connectivity index is 1.18. The molecule has 0 saturated carbocycles. The Bertz CT molecular complexity index is 1980. The molecule has 1 unspecified atom stereocenters. The average Bonchev–Trinajstić information content (AvgIpc) is 3.72. The Morgan fingerprint density at radius 2 is 2.00 bits per heavy atom. The Morgan fingerprint density at radius 1 is 1.15 bits per heavy atom. The molecule has 5 heterocycles. The molecule has 236 valence electrons. The van der Waals surface area contributed by atoms with Crippen molar-refractivity contribution in [1.82, 2.24) is 24.3 Å². The number of hydrogen-bond donors (Lipinski definition) is 1. The van der Waals surface area contributed by atoms with E-state index in [4.69, 9.17) is 36.1 Å². The van der Waals surface area contributed by atoms with Crippen LogP contribution in [-0.4, -0.2) is 49.0 Å². The molecule has 0 bridgehead atoms. The molecular weight excluding hydrogens is 618 g/mol. The summed E-state index contributed by atoms with van der Waals surface area (Å²) in [5.74, 6) is 0.254. The number of ether oxygens (including phenoxy) is 3. The highest BCUT2D eigenvalue weighted by molar-refractivity contribution is 6.20. The number of aromatic nitrogens is 5. The third kappa shape index (κ3) is 5.29. The number of hydrogen-bond acceptors (Lipinski definition) is 7. The lowest BCUT2D eigenvalue weighted by atomic mass is 9.99. The summed E-state index contributed by atoms with van der Waals surface area (Å²) >= 11 is 4.87. The molecule has 0 radical (unpaired) electrons. The monoisotopic (exact) mass is 646 g/mol. The van der Waals surface area contributed by atoms with E-state index in [0.717, 1.165) is 70.9 Å². The van der Waals surface area contributed by atoms with Crippen LogP contribution < -0.4 is 10.1 Å². The first-order valence-corrected chi connectivity index (χ1v) is 15.6. The maximum Gasteiger partial charge on any atom is 0.487 e. The van der Waals surface area contributed by atoms with Crippen LogP contribution >= 0.6 is 11.6 Å². The van der Waals surface area contributed by atoms with Crippen LogP contribution in [-0.2, 0) is 22.5 Å². The Labute approximate surface area is 267 Å². The van der Waals surface area contributed by atoms with Gasteiger partial charge in [-0.1, -0.05) is 0 Å². The molecule has 2 atom stereocenters. The summed E-state index contributed by atoms with van der Waals surface area (Å²) in [4.78, 5) is 23.3. The lowest BCUT2D eigenvalue weighted by Gasteiger charge is -2.23. The van der Waals surface area contributed by atoms with E-state index < -0.39 is 11.5 Å². The number of carbonyl (C=O) groups excluding carboxylic acids is 1. The van der Waals surface area contributed by atoms with Gasteiger partial charge in [-0.25, -0.2) is 9.67 Å². The average molecular weight is 647 g/mol. The smallest absolute Gasteiger partial charge is 0.420 e. The van der Waals surface area contributed by atoms with Crippen LogP contribution in [0.1, 0.15) is 65.9 Å². The van der Waals surface area contributed by atoms with Crippen LogP contribution in [0.2, 0.25) is 0 Å². The van der Waals surface area contributed by atoms with E-state index in [0.29, 0.717) is 36.4 Å². The number of pyridine rings is 1. The van der Waals surface area contributed by atoms with Gasteiger partial charge in [0.05, 0.1) is 35.1 Å². The van der Waals surface area contributed by atoms with Gasteiger partial charge in [0.1, 0.15) is 24.4 Å². The van der Waals surface area contributed by atoms with Crippen molar-refractivity contribution in [1.29, 1.82) is 0 Å². The summed E-state index contributed by atoms with van der Waals surface area (Å²) in [7, 11) is 0. The summed E-state index contributed by atoms with van der Waals surface area (Å²) in [5, 5.41) is 7.78. The van der Waals surface area contributed by atoms with Gasteiger partial charge in [0.2, 0.25) is 0 Å².